The predicted molar refractivity (Wildman–Crippen MR) is 89.5 cm³/mol. The molecule has 2 aliphatic rings. The molecule has 0 unspecified atom stereocenters. The summed E-state index contributed by atoms with van der Waals surface area (Å²) in [4.78, 5) is 24.9. The Morgan fingerprint density at radius 1 is 1.05 bits per heavy atom. The molecule has 1 heterocycles. The molecule has 1 aliphatic heterocycles. The molecule has 0 aromatic carbocycles. The first-order valence-electron chi connectivity index (χ1n) is 8.23. The van der Waals surface area contributed by atoms with Crippen molar-refractivity contribution >= 4 is 35.2 Å². The third-order valence-corrected chi connectivity index (χ3v) is 4.85. The van der Waals surface area contributed by atoms with Crippen molar-refractivity contribution in [2.45, 2.75) is 63.9 Å². The molecule has 0 spiro atoms. The minimum atomic E-state index is -0.242. The van der Waals surface area contributed by atoms with Gasteiger partial charge in [0.15, 0.2) is 0 Å². The highest BCUT2D eigenvalue weighted by Gasteiger charge is 2.23. The van der Waals surface area contributed by atoms with Crippen LogP contribution in [0.4, 0.5) is 0 Å². The standard InChI is InChI=1S/C16H26ClNO3.ClH/c17-15(19)7-6-13-8-10-18(11-9-13)12-16(20)21-14-4-2-1-3-5-14;/h13-14H,1-12H2;1H. The quantitative estimate of drug-likeness (QED) is 0.542. The Hall–Kier alpha value is -0.320. The molecule has 0 radical (unpaired) electrons. The summed E-state index contributed by atoms with van der Waals surface area (Å²) in [6, 6.07) is 0. The van der Waals surface area contributed by atoms with Gasteiger partial charge < -0.3 is 4.74 Å². The molecule has 0 aromatic rings. The number of rotatable bonds is 6. The number of hydrogen-bond acceptors (Lipinski definition) is 4. The van der Waals surface area contributed by atoms with Crippen LogP contribution in [0.1, 0.15) is 57.8 Å². The van der Waals surface area contributed by atoms with E-state index in [2.05, 4.69) is 4.90 Å². The zero-order valence-corrected chi connectivity index (χ0v) is 14.7. The van der Waals surface area contributed by atoms with Crippen LogP contribution in [0.25, 0.3) is 0 Å². The molecule has 0 N–H and O–H groups in total. The monoisotopic (exact) mass is 351 g/mol. The number of piperidine rings is 1. The van der Waals surface area contributed by atoms with Gasteiger partial charge in [-0.15, -0.1) is 12.4 Å². The summed E-state index contributed by atoms with van der Waals surface area (Å²) < 4.78 is 5.56. The van der Waals surface area contributed by atoms with Gasteiger partial charge >= 0.3 is 5.97 Å². The molecule has 0 amide bonds. The van der Waals surface area contributed by atoms with E-state index in [1.807, 2.05) is 0 Å². The Morgan fingerprint density at radius 3 is 2.27 bits per heavy atom. The Balaban J connectivity index is 0.00000242. The molecule has 1 saturated heterocycles. The number of esters is 1. The van der Waals surface area contributed by atoms with E-state index in [9.17, 15) is 9.59 Å². The van der Waals surface area contributed by atoms with Crippen LogP contribution in [0, 0.1) is 5.92 Å². The van der Waals surface area contributed by atoms with E-state index >= 15 is 0 Å². The van der Waals surface area contributed by atoms with Crippen LogP contribution >= 0.6 is 24.0 Å². The molecule has 0 atom stereocenters. The predicted octanol–water partition coefficient (Wildman–Crippen LogP) is 3.54. The van der Waals surface area contributed by atoms with Crippen LogP contribution in [0.2, 0.25) is 0 Å². The van der Waals surface area contributed by atoms with Crippen molar-refractivity contribution in [1.82, 2.24) is 4.90 Å². The van der Waals surface area contributed by atoms with Gasteiger partial charge in [0.1, 0.15) is 6.10 Å². The van der Waals surface area contributed by atoms with Gasteiger partial charge in [-0.25, -0.2) is 0 Å². The van der Waals surface area contributed by atoms with Crippen LogP contribution < -0.4 is 0 Å². The molecule has 22 heavy (non-hydrogen) atoms. The molecule has 1 aliphatic carbocycles. The van der Waals surface area contributed by atoms with E-state index in [-0.39, 0.29) is 29.7 Å². The number of halogens is 2. The summed E-state index contributed by atoms with van der Waals surface area (Å²) >= 11 is 5.38. The molecular weight excluding hydrogens is 325 g/mol. The average Bonchev–Trinajstić information content (AvgIpc) is 2.47. The molecule has 4 nitrogen and oxygen atoms in total. The highest BCUT2D eigenvalue weighted by atomic mass is 35.5. The van der Waals surface area contributed by atoms with Gasteiger partial charge in [-0.05, 0) is 75.6 Å². The van der Waals surface area contributed by atoms with Crippen molar-refractivity contribution in [3.8, 4) is 0 Å². The van der Waals surface area contributed by atoms with E-state index in [4.69, 9.17) is 16.3 Å². The topological polar surface area (TPSA) is 46.6 Å². The SMILES string of the molecule is Cl.O=C(Cl)CCC1CCN(CC(=O)OC2CCCCC2)CC1. The second-order valence-corrected chi connectivity index (χ2v) is 6.78. The number of hydrogen-bond donors (Lipinski definition) is 0. The maximum Gasteiger partial charge on any atom is 0.320 e. The van der Waals surface area contributed by atoms with E-state index in [0.29, 0.717) is 18.9 Å². The third kappa shape index (κ3) is 7.30. The average molecular weight is 352 g/mol. The maximum absolute atomic E-state index is 12.0. The van der Waals surface area contributed by atoms with Crippen LogP contribution in [-0.4, -0.2) is 41.8 Å². The van der Waals surface area contributed by atoms with E-state index in [0.717, 1.165) is 45.2 Å². The smallest absolute Gasteiger partial charge is 0.320 e. The lowest BCUT2D eigenvalue weighted by Gasteiger charge is -2.31. The lowest BCUT2D eigenvalue weighted by atomic mass is 9.92. The van der Waals surface area contributed by atoms with Crippen molar-refractivity contribution in [2.75, 3.05) is 19.6 Å². The van der Waals surface area contributed by atoms with E-state index in [1.165, 1.54) is 19.3 Å². The van der Waals surface area contributed by atoms with Gasteiger partial charge in [0, 0.05) is 6.42 Å². The van der Waals surface area contributed by atoms with Crippen LogP contribution in [0.5, 0.6) is 0 Å². The lowest BCUT2D eigenvalue weighted by molar-refractivity contribution is -0.152. The third-order valence-electron chi connectivity index (χ3n) is 4.66. The molecule has 128 valence electrons. The van der Waals surface area contributed by atoms with Gasteiger partial charge in [0.25, 0.3) is 0 Å². The summed E-state index contributed by atoms with van der Waals surface area (Å²) in [5.74, 6) is 0.495. The number of carbonyl (C=O) groups excluding carboxylic acids is 2. The Bertz CT molecular complexity index is 351. The Labute approximate surface area is 144 Å². The lowest BCUT2D eigenvalue weighted by Crippen LogP contribution is -2.39. The first-order valence-corrected chi connectivity index (χ1v) is 8.61. The zero-order valence-electron chi connectivity index (χ0n) is 13.1. The first kappa shape index (κ1) is 19.7. The van der Waals surface area contributed by atoms with Crippen molar-refractivity contribution in [3.63, 3.8) is 0 Å². The highest BCUT2D eigenvalue weighted by molar-refractivity contribution is 6.63. The molecular formula is C16H27Cl2NO3. The highest BCUT2D eigenvalue weighted by Crippen LogP contribution is 2.23. The normalized spacial score (nSPS) is 21.1. The zero-order chi connectivity index (χ0) is 15.1. The second-order valence-electron chi connectivity index (χ2n) is 6.36. The summed E-state index contributed by atoms with van der Waals surface area (Å²) in [6.07, 6.45) is 9.27. The minimum absolute atomic E-state index is 0. The second kappa shape index (κ2) is 10.5. The fraction of sp³-hybridized carbons (Fsp3) is 0.875. The first-order chi connectivity index (χ1) is 10.1. The number of likely N-dealkylation sites (tertiary alicyclic amines) is 1. The minimum Gasteiger partial charge on any atom is -0.461 e. The fourth-order valence-corrected chi connectivity index (χ4v) is 3.45. The van der Waals surface area contributed by atoms with Crippen molar-refractivity contribution < 1.29 is 14.3 Å². The van der Waals surface area contributed by atoms with Crippen molar-refractivity contribution in [3.05, 3.63) is 0 Å². The fourth-order valence-electron chi connectivity index (χ4n) is 3.34. The van der Waals surface area contributed by atoms with Crippen molar-refractivity contribution in [1.29, 1.82) is 0 Å². The molecule has 0 bridgehead atoms. The maximum atomic E-state index is 12.0. The van der Waals surface area contributed by atoms with Crippen molar-refractivity contribution in [2.24, 2.45) is 5.92 Å². The number of nitrogens with zero attached hydrogens (tertiary/aromatic N) is 1. The van der Waals surface area contributed by atoms with Crippen LogP contribution in [0.3, 0.4) is 0 Å². The van der Waals surface area contributed by atoms with E-state index < -0.39 is 0 Å². The summed E-state index contributed by atoms with van der Waals surface area (Å²) in [5, 5.41) is -0.242. The summed E-state index contributed by atoms with van der Waals surface area (Å²) in [7, 11) is 0. The molecule has 2 rings (SSSR count). The van der Waals surface area contributed by atoms with Gasteiger partial charge in [-0.2, -0.15) is 0 Å². The van der Waals surface area contributed by atoms with Gasteiger partial charge in [-0.3, -0.25) is 14.5 Å². The van der Waals surface area contributed by atoms with Gasteiger partial charge in [0.05, 0.1) is 6.54 Å². The summed E-state index contributed by atoms with van der Waals surface area (Å²) in [6.45, 7) is 2.25. The van der Waals surface area contributed by atoms with Crippen LogP contribution in [-0.2, 0) is 14.3 Å². The van der Waals surface area contributed by atoms with Gasteiger partial charge in [0.2, 0.25) is 5.24 Å². The summed E-state index contributed by atoms with van der Waals surface area (Å²) in [5.41, 5.74) is 0. The largest absolute Gasteiger partial charge is 0.461 e. The van der Waals surface area contributed by atoms with Crippen LogP contribution in [0.15, 0.2) is 0 Å². The molecule has 2 fully saturated rings. The number of carbonyl (C=O) groups is 2. The Kier molecular flexibility index (Phi) is 9.37. The Morgan fingerprint density at radius 2 is 1.68 bits per heavy atom. The number of ether oxygens (including phenoxy) is 1. The molecule has 0 aromatic heterocycles. The molecule has 1 saturated carbocycles. The van der Waals surface area contributed by atoms with Gasteiger partial charge in [-0.1, -0.05) is 6.42 Å². The van der Waals surface area contributed by atoms with E-state index in [1.54, 1.807) is 0 Å². The molecule has 6 heteroatoms.